The molecule has 5 nitrogen and oxygen atoms in total. The Labute approximate surface area is 121 Å². The molecule has 0 amide bonds. The van der Waals surface area contributed by atoms with E-state index in [1.165, 1.54) is 0 Å². The molecule has 2 heterocycles. The average molecular weight is 279 g/mol. The van der Waals surface area contributed by atoms with Crippen LogP contribution in [-0.2, 0) is 11.3 Å². The Morgan fingerprint density at radius 3 is 3.10 bits per heavy atom. The molecule has 0 radical (unpaired) electrons. The lowest BCUT2D eigenvalue weighted by molar-refractivity contribution is -0.0120. The number of nitrogens with zero attached hydrogens (tertiary/aromatic N) is 2. The summed E-state index contributed by atoms with van der Waals surface area (Å²) in [6.45, 7) is 8.64. The highest BCUT2D eigenvalue weighted by atomic mass is 16.5. The summed E-state index contributed by atoms with van der Waals surface area (Å²) in [5, 5.41) is 3.49. The van der Waals surface area contributed by atoms with Gasteiger partial charge in [0.2, 0.25) is 5.88 Å². The monoisotopic (exact) mass is 279 g/mol. The van der Waals surface area contributed by atoms with Gasteiger partial charge in [-0.2, -0.15) is 0 Å². The molecule has 1 aliphatic heterocycles. The molecule has 0 saturated carbocycles. The average Bonchev–Trinajstić information content (AvgIpc) is 2.46. The fourth-order valence-electron chi connectivity index (χ4n) is 2.32. The van der Waals surface area contributed by atoms with E-state index in [1.807, 2.05) is 18.2 Å². The molecule has 1 aromatic rings. The minimum Gasteiger partial charge on any atom is -0.481 e. The Bertz CT molecular complexity index is 412. The lowest BCUT2D eigenvalue weighted by atomic mass is 10.2. The number of ether oxygens (including phenoxy) is 2. The maximum atomic E-state index is 5.60. The van der Waals surface area contributed by atoms with E-state index in [4.69, 9.17) is 9.47 Å². The first-order valence-corrected chi connectivity index (χ1v) is 7.24. The number of morpholine rings is 1. The van der Waals surface area contributed by atoms with Crippen molar-refractivity contribution in [3.05, 3.63) is 23.9 Å². The van der Waals surface area contributed by atoms with E-state index in [9.17, 15) is 0 Å². The summed E-state index contributed by atoms with van der Waals surface area (Å²) >= 11 is 0. The number of hydrogen-bond donors (Lipinski definition) is 1. The number of nitrogens with one attached hydrogen (secondary N) is 1. The first-order valence-electron chi connectivity index (χ1n) is 7.24. The number of pyridine rings is 1. The van der Waals surface area contributed by atoms with Gasteiger partial charge < -0.3 is 14.8 Å². The second kappa shape index (κ2) is 7.57. The van der Waals surface area contributed by atoms with Crippen LogP contribution in [0.4, 0.5) is 0 Å². The third kappa shape index (κ3) is 4.44. The molecule has 1 unspecified atom stereocenters. The number of methoxy groups -OCH3 is 1. The van der Waals surface area contributed by atoms with Crippen LogP contribution in [0.3, 0.4) is 0 Å². The lowest BCUT2D eigenvalue weighted by Gasteiger charge is -2.35. The molecule has 1 fully saturated rings. The first kappa shape index (κ1) is 15.2. The minimum atomic E-state index is 0.402. The van der Waals surface area contributed by atoms with E-state index in [0.29, 0.717) is 18.0 Å². The van der Waals surface area contributed by atoms with Gasteiger partial charge in [-0.1, -0.05) is 19.9 Å². The molecular formula is C15H25N3O2. The molecule has 0 bridgehead atoms. The van der Waals surface area contributed by atoms with Crippen LogP contribution in [0.1, 0.15) is 19.5 Å². The standard InChI is InChI=1S/C15H25N3O2/c1-12(2)16-9-14-11-20-8-7-18(14)10-13-5-4-6-15(17-13)19-3/h4-6,12,14,16H,7-11H2,1-3H3. The van der Waals surface area contributed by atoms with Crippen LogP contribution in [0.15, 0.2) is 18.2 Å². The van der Waals surface area contributed by atoms with Gasteiger partial charge in [0.05, 0.1) is 26.0 Å². The molecule has 112 valence electrons. The van der Waals surface area contributed by atoms with Crippen LogP contribution in [-0.4, -0.2) is 55.4 Å². The third-order valence-corrected chi connectivity index (χ3v) is 3.47. The molecule has 20 heavy (non-hydrogen) atoms. The summed E-state index contributed by atoms with van der Waals surface area (Å²) in [4.78, 5) is 6.92. The van der Waals surface area contributed by atoms with Crippen LogP contribution in [0, 0.1) is 0 Å². The van der Waals surface area contributed by atoms with Gasteiger partial charge in [-0.3, -0.25) is 4.90 Å². The van der Waals surface area contributed by atoms with Gasteiger partial charge in [0.15, 0.2) is 0 Å². The van der Waals surface area contributed by atoms with Crippen LogP contribution in [0.2, 0.25) is 0 Å². The van der Waals surface area contributed by atoms with Gasteiger partial charge in [0.25, 0.3) is 0 Å². The minimum absolute atomic E-state index is 0.402. The number of hydrogen-bond acceptors (Lipinski definition) is 5. The van der Waals surface area contributed by atoms with Crippen LogP contribution in [0.25, 0.3) is 0 Å². The van der Waals surface area contributed by atoms with Gasteiger partial charge in [0, 0.05) is 37.8 Å². The van der Waals surface area contributed by atoms with Crippen LogP contribution >= 0.6 is 0 Å². The van der Waals surface area contributed by atoms with Crippen molar-refractivity contribution in [1.82, 2.24) is 15.2 Å². The topological polar surface area (TPSA) is 46.6 Å². The van der Waals surface area contributed by atoms with Gasteiger partial charge >= 0.3 is 0 Å². The highest BCUT2D eigenvalue weighted by Crippen LogP contribution is 2.13. The molecule has 5 heteroatoms. The van der Waals surface area contributed by atoms with Gasteiger partial charge in [-0.05, 0) is 6.07 Å². The predicted molar refractivity (Wildman–Crippen MR) is 78.9 cm³/mol. The van der Waals surface area contributed by atoms with E-state index in [1.54, 1.807) is 7.11 Å². The lowest BCUT2D eigenvalue weighted by Crippen LogP contribution is -2.50. The molecule has 0 aromatic carbocycles. The van der Waals surface area contributed by atoms with E-state index < -0.39 is 0 Å². The van der Waals surface area contributed by atoms with Gasteiger partial charge in [-0.15, -0.1) is 0 Å². The van der Waals surface area contributed by atoms with E-state index in [0.717, 1.165) is 38.5 Å². The predicted octanol–water partition coefficient (Wildman–Crippen LogP) is 1.29. The molecule has 0 aliphatic carbocycles. The molecular weight excluding hydrogens is 254 g/mol. The molecule has 1 atom stereocenters. The van der Waals surface area contributed by atoms with Gasteiger partial charge in [0.1, 0.15) is 0 Å². The summed E-state index contributed by atoms with van der Waals surface area (Å²) in [6.07, 6.45) is 0. The van der Waals surface area contributed by atoms with Crippen molar-refractivity contribution >= 4 is 0 Å². The molecule has 1 aromatic heterocycles. The van der Waals surface area contributed by atoms with Crippen molar-refractivity contribution in [2.45, 2.75) is 32.5 Å². The molecule has 2 rings (SSSR count). The SMILES string of the molecule is COc1cccc(CN2CCOCC2CNC(C)C)n1. The number of rotatable bonds is 6. The molecule has 1 aliphatic rings. The Morgan fingerprint density at radius 2 is 2.35 bits per heavy atom. The first-order chi connectivity index (χ1) is 9.69. The third-order valence-electron chi connectivity index (χ3n) is 3.47. The maximum Gasteiger partial charge on any atom is 0.213 e. The molecule has 0 spiro atoms. The molecule has 1 saturated heterocycles. The second-order valence-electron chi connectivity index (χ2n) is 5.43. The highest BCUT2D eigenvalue weighted by Gasteiger charge is 2.23. The summed E-state index contributed by atoms with van der Waals surface area (Å²) < 4.78 is 10.8. The van der Waals surface area contributed by atoms with Crippen LogP contribution in [0.5, 0.6) is 5.88 Å². The fourth-order valence-corrected chi connectivity index (χ4v) is 2.32. The fraction of sp³-hybridized carbons (Fsp3) is 0.667. The smallest absolute Gasteiger partial charge is 0.213 e. The van der Waals surface area contributed by atoms with E-state index >= 15 is 0 Å². The van der Waals surface area contributed by atoms with Crippen molar-refractivity contribution in [1.29, 1.82) is 0 Å². The zero-order chi connectivity index (χ0) is 14.4. The second-order valence-corrected chi connectivity index (χ2v) is 5.43. The van der Waals surface area contributed by atoms with Crippen molar-refractivity contribution in [3.63, 3.8) is 0 Å². The van der Waals surface area contributed by atoms with E-state index in [2.05, 4.69) is 29.0 Å². The Hall–Kier alpha value is -1.17. The van der Waals surface area contributed by atoms with Crippen molar-refractivity contribution in [2.24, 2.45) is 0 Å². The zero-order valence-corrected chi connectivity index (χ0v) is 12.6. The van der Waals surface area contributed by atoms with Crippen molar-refractivity contribution in [2.75, 3.05) is 33.4 Å². The van der Waals surface area contributed by atoms with Gasteiger partial charge in [-0.25, -0.2) is 4.98 Å². The normalized spacial score (nSPS) is 20.3. The highest BCUT2D eigenvalue weighted by molar-refractivity contribution is 5.15. The Kier molecular flexibility index (Phi) is 5.76. The number of aromatic nitrogens is 1. The maximum absolute atomic E-state index is 5.60. The Morgan fingerprint density at radius 1 is 1.50 bits per heavy atom. The van der Waals surface area contributed by atoms with Crippen molar-refractivity contribution < 1.29 is 9.47 Å². The quantitative estimate of drug-likeness (QED) is 0.850. The van der Waals surface area contributed by atoms with E-state index in [-0.39, 0.29) is 0 Å². The largest absolute Gasteiger partial charge is 0.481 e. The summed E-state index contributed by atoms with van der Waals surface area (Å²) in [5.74, 6) is 0.674. The molecule has 1 N–H and O–H groups in total. The van der Waals surface area contributed by atoms with Crippen molar-refractivity contribution in [3.8, 4) is 5.88 Å². The summed E-state index contributed by atoms with van der Waals surface area (Å²) in [5.41, 5.74) is 1.04. The zero-order valence-electron chi connectivity index (χ0n) is 12.6. The Balaban J connectivity index is 1.96. The summed E-state index contributed by atoms with van der Waals surface area (Å²) in [7, 11) is 1.65. The van der Waals surface area contributed by atoms with Crippen LogP contribution < -0.4 is 10.1 Å². The summed E-state index contributed by atoms with van der Waals surface area (Å²) in [6, 6.07) is 6.81.